The molecular weight excluding hydrogens is 253 g/mol. The number of aromatic amines is 1. The van der Waals surface area contributed by atoms with Crippen molar-refractivity contribution in [1.82, 2.24) is 4.98 Å². The smallest absolute Gasteiger partial charge is 0.0500 e. The van der Waals surface area contributed by atoms with Gasteiger partial charge in [0.25, 0.3) is 0 Å². The molecule has 0 amide bonds. The van der Waals surface area contributed by atoms with Crippen molar-refractivity contribution in [2.75, 3.05) is 0 Å². The Labute approximate surface area is 109 Å². The molecule has 3 aromatic rings. The van der Waals surface area contributed by atoms with Crippen LogP contribution >= 0.6 is 23.2 Å². The summed E-state index contributed by atoms with van der Waals surface area (Å²) < 4.78 is 0. The molecule has 0 spiro atoms. The van der Waals surface area contributed by atoms with E-state index in [9.17, 15) is 0 Å². The van der Waals surface area contributed by atoms with Gasteiger partial charge in [-0.2, -0.15) is 0 Å². The molecule has 0 radical (unpaired) electrons. The Morgan fingerprint density at radius 1 is 0.882 bits per heavy atom. The summed E-state index contributed by atoms with van der Waals surface area (Å²) in [5.74, 6) is 0. The minimum Gasteiger partial charge on any atom is -0.354 e. The number of halogens is 2. The highest BCUT2D eigenvalue weighted by atomic mass is 35.5. The van der Waals surface area contributed by atoms with Crippen LogP contribution < -0.4 is 0 Å². The molecule has 2 aromatic carbocycles. The molecule has 0 bridgehead atoms. The molecule has 0 saturated heterocycles. The Hall–Kier alpha value is -1.44. The molecule has 0 atom stereocenters. The quantitative estimate of drug-likeness (QED) is 0.624. The Morgan fingerprint density at radius 3 is 2.47 bits per heavy atom. The number of aromatic nitrogens is 1. The lowest BCUT2D eigenvalue weighted by Crippen LogP contribution is -1.75. The Morgan fingerprint density at radius 2 is 1.71 bits per heavy atom. The fourth-order valence-corrected chi connectivity index (χ4v) is 2.35. The highest BCUT2D eigenvalue weighted by Gasteiger charge is 2.05. The van der Waals surface area contributed by atoms with Crippen LogP contribution in [0.3, 0.4) is 0 Å². The van der Waals surface area contributed by atoms with Crippen LogP contribution in [-0.2, 0) is 0 Å². The van der Waals surface area contributed by atoms with Crippen LogP contribution in [-0.4, -0.2) is 4.98 Å². The van der Waals surface area contributed by atoms with Gasteiger partial charge in [-0.1, -0.05) is 41.4 Å². The van der Waals surface area contributed by atoms with Gasteiger partial charge in [0.15, 0.2) is 0 Å². The van der Waals surface area contributed by atoms with E-state index in [0.717, 1.165) is 32.2 Å². The molecule has 1 aromatic heterocycles. The normalized spacial score (nSPS) is 10.9. The first kappa shape index (κ1) is 10.7. The number of fused-ring (bicyclic) bond motifs is 1. The third-order valence-corrected chi connectivity index (χ3v) is 3.31. The monoisotopic (exact) mass is 261 g/mol. The van der Waals surface area contributed by atoms with E-state index in [1.807, 2.05) is 48.5 Å². The lowest BCUT2D eigenvalue weighted by atomic mass is 10.1. The molecule has 0 aliphatic heterocycles. The van der Waals surface area contributed by atoms with Crippen molar-refractivity contribution in [3.63, 3.8) is 0 Å². The number of H-pyrrole nitrogens is 1. The maximum atomic E-state index is 6.14. The molecule has 0 saturated carbocycles. The first-order valence-electron chi connectivity index (χ1n) is 5.27. The number of nitrogens with one attached hydrogen (secondary N) is 1. The van der Waals surface area contributed by atoms with Crippen LogP contribution in [0.2, 0.25) is 10.0 Å². The highest BCUT2D eigenvalue weighted by molar-refractivity contribution is 6.35. The zero-order chi connectivity index (χ0) is 11.8. The minimum absolute atomic E-state index is 0.729. The molecule has 3 rings (SSSR count). The van der Waals surface area contributed by atoms with Gasteiger partial charge in [0.05, 0.1) is 0 Å². The maximum absolute atomic E-state index is 6.14. The van der Waals surface area contributed by atoms with Crippen molar-refractivity contribution in [1.29, 1.82) is 0 Å². The van der Waals surface area contributed by atoms with E-state index in [0.29, 0.717) is 0 Å². The second kappa shape index (κ2) is 4.10. The largest absolute Gasteiger partial charge is 0.354 e. The van der Waals surface area contributed by atoms with E-state index < -0.39 is 0 Å². The lowest BCUT2D eigenvalue weighted by molar-refractivity contribution is 1.45. The summed E-state index contributed by atoms with van der Waals surface area (Å²) in [4.78, 5) is 3.34. The fourth-order valence-electron chi connectivity index (χ4n) is 1.93. The Balaban J connectivity index is 2.22. The summed E-state index contributed by atoms with van der Waals surface area (Å²) in [5, 5.41) is 2.52. The number of benzene rings is 2. The van der Waals surface area contributed by atoms with E-state index in [2.05, 4.69) is 4.98 Å². The van der Waals surface area contributed by atoms with Gasteiger partial charge in [0, 0.05) is 26.6 Å². The molecule has 84 valence electrons. The second-order valence-corrected chi connectivity index (χ2v) is 4.74. The molecule has 1 N–H and O–H groups in total. The van der Waals surface area contributed by atoms with Crippen molar-refractivity contribution in [3.8, 4) is 11.3 Å². The fraction of sp³-hybridized carbons (Fsp3) is 0. The van der Waals surface area contributed by atoms with Gasteiger partial charge in [-0.05, 0) is 35.9 Å². The van der Waals surface area contributed by atoms with Crippen molar-refractivity contribution in [2.24, 2.45) is 0 Å². The van der Waals surface area contributed by atoms with Crippen LogP contribution in [0.1, 0.15) is 0 Å². The number of hydrogen-bond donors (Lipinski definition) is 1. The van der Waals surface area contributed by atoms with E-state index in [4.69, 9.17) is 23.2 Å². The van der Waals surface area contributed by atoms with Crippen LogP contribution in [0.15, 0.2) is 48.5 Å². The van der Waals surface area contributed by atoms with Gasteiger partial charge >= 0.3 is 0 Å². The highest BCUT2D eigenvalue weighted by Crippen LogP contribution is 2.29. The average molecular weight is 262 g/mol. The first-order chi connectivity index (χ1) is 8.24. The summed E-state index contributed by atoms with van der Waals surface area (Å²) >= 11 is 12.1. The minimum atomic E-state index is 0.729. The third-order valence-electron chi connectivity index (χ3n) is 2.75. The topological polar surface area (TPSA) is 15.8 Å². The van der Waals surface area contributed by atoms with Gasteiger partial charge in [-0.3, -0.25) is 0 Å². The number of rotatable bonds is 1. The van der Waals surface area contributed by atoms with E-state index in [1.165, 1.54) is 0 Å². The van der Waals surface area contributed by atoms with Crippen LogP contribution in [0, 0.1) is 0 Å². The summed E-state index contributed by atoms with van der Waals surface area (Å²) in [6.07, 6.45) is 0. The SMILES string of the molecule is Clc1cccc(-c2cc3c(Cl)cccc3[nH]2)c1. The van der Waals surface area contributed by atoms with Gasteiger partial charge < -0.3 is 4.98 Å². The summed E-state index contributed by atoms with van der Waals surface area (Å²) in [6.45, 7) is 0. The van der Waals surface area contributed by atoms with Crippen LogP contribution in [0.5, 0.6) is 0 Å². The van der Waals surface area contributed by atoms with Crippen LogP contribution in [0.25, 0.3) is 22.2 Å². The Bertz CT molecular complexity index is 686. The molecule has 0 aliphatic rings. The molecule has 0 aliphatic carbocycles. The summed E-state index contributed by atoms with van der Waals surface area (Å²) in [5.41, 5.74) is 3.12. The second-order valence-electron chi connectivity index (χ2n) is 3.89. The van der Waals surface area contributed by atoms with Crippen molar-refractivity contribution >= 4 is 34.1 Å². The standard InChI is InChI=1S/C14H9Cl2N/c15-10-4-1-3-9(7-10)14-8-11-12(16)5-2-6-13(11)17-14/h1-8,17H. The first-order valence-corrected chi connectivity index (χ1v) is 6.03. The van der Waals surface area contributed by atoms with Gasteiger partial charge in [-0.15, -0.1) is 0 Å². The zero-order valence-electron chi connectivity index (χ0n) is 8.87. The third kappa shape index (κ3) is 1.92. The molecule has 1 nitrogen and oxygen atoms in total. The molecule has 1 heterocycles. The molecule has 17 heavy (non-hydrogen) atoms. The summed E-state index contributed by atoms with van der Waals surface area (Å²) in [6, 6.07) is 15.6. The molecule has 0 unspecified atom stereocenters. The van der Waals surface area contributed by atoms with E-state index >= 15 is 0 Å². The molecule has 0 fully saturated rings. The summed E-state index contributed by atoms with van der Waals surface area (Å²) in [7, 11) is 0. The van der Waals surface area contributed by atoms with E-state index in [-0.39, 0.29) is 0 Å². The maximum Gasteiger partial charge on any atom is 0.0500 e. The van der Waals surface area contributed by atoms with Gasteiger partial charge in [-0.25, -0.2) is 0 Å². The van der Waals surface area contributed by atoms with E-state index in [1.54, 1.807) is 0 Å². The molecular formula is C14H9Cl2N. The van der Waals surface area contributed by atoms with Crippen LogP contribution in [0.4, 0.5) is 0 Å². The van der Waals surface area contributed by atoms with Crippen molar-refractivity contribution in [3.05, 3.63) is 58.6 Å². The van der Waals surface area contributed by atoms with Gasteiger partial charge in [0.2, 0.25) is 0 Å². The number of hydrogen-bond acceptors (Lipinski definition) is 0. The van der Waals surface area contributed by atoms with Crippen molar-refractivity contribution < 1.29 is 0 Å². The average Bonchev–Trinajstić information content (AvgIpc) is 2.74. The zero-order valence-corrected chi connectivity index (χ0v) is 10.4. The van der Waals surface area contributed by atoms with Gasteiger partial charge in [0.1, 0.15) is 0 Å². The van der Waals surface area contributed by atoms with Crippen molar-refractivity contribution in [2.45, 2.75) is 0 Å². The Kier molecular flexibility index (Phi) is 2.58. The predicted molar refractivity (Wildman–Crippen MR) is 73.8 cm³/mol. The molecule has 3 heteroatoms. The lowest BCUT2D eigenvalue weighted by Gasteiger charge is -1.97. The predicted octanol–water partition coefficient (Wildman–Crippen LogP) is 5.14.